The predicted octanol–water partition coefficient (Wildman–Crippen LogP) is 1.30. The summed E-state index contributed by atoms with van der Waals surface area (Å²) in [5, 5.41) is 0. The van der Waals surface area contributed by atoms with Gasteiger partial charge < -0.3 is 9.64 Å². The third kappa shape index (κ3) is 4.86. The third-order valence-electron chi connectivity index (χ3n) is 6.01. The van der Waals surface area contributed by atoms with Gasteiger partial charge in [-0.3, -0.25) is 4.79 Å². The number of halogens is 1. The monoisotopic (exact) mass is 511 g/mol. The van der Waals surface area contributed by atoms with Gasteiger partial charge in [-0.15, -0.1) is 0 Å². The van der Waals surface area contributed by atoms with E-state index in [4.69, 9.17) is 4.74 Å². The molecule has 9 nitrogen and oxygen atoms in total. The predicted molar refractivity (Wildman–Crippen MR) is 122 cm³/mol. The molecule has 0 unspecified atom stereocenters. The maximum atomic E-state index is 13.5. The van der Waals surface area contributed by atoms with Crippen molar-refractivity contribution in [2.45, 2.75) is 16.7 Å². The highest BCUT2D eigenvalue weighted by Crippen LogP contribution is 2.23. The van der Waals surface area contributed by atoms with Gasteiger partial charge in [0.15, 0.2) is 0 Å². The molecule has 184 valence electrons. The van der Waals surface area contributed by atoms with E-state index in [1.807, 2.05) is 0 Å². The number of aryl methyl sites for hydroxylation is 1. The first kappa shape index (κ1) is 24.7. The summed E-state index contributed by atoms with van der Waals surface area (Å²) < 4.78 is 72.9. The number of piperazine rings is 1. The van der Waals surface area contributed by atoms with Crippen LogP contribution in [0, 0.1) is 12.7 Å². The number of nitrogens with zero attached hydrogens (tertiary/aromatic N) is 3. The van der Waals surface area contributed by atoms with E-state index in [2.05, 4.69) is 0 Å². The highest BCUT2D eigenvalue weighted by atomic mass is 32.2. The van der Waals surface area contributed by atoms with Crippen LogP contribution in [0.25, 0.3) is 0 Å². The van der Waals surface area contributed by atoms with Crippen LogP contribution in [-0.4, -0.2) is 88.7 Å². The van der Waals surface area contributed by atoms with E-state index in [0.29, 0.717) is 18.8 Å². The number of rotatable bonds is 5. The molecule has 2 heterocycles. The van der Waals surface area contributed by atoms with E-state index < -0.39 is 25.9 Å². The Morgan fingerprint density at radius 1 is 0.824 bits per heavy atom. The second-order valence-corrected chi connectivity index (χ2v) is 12.0. The zero-order valence-electron chi connectivity index (χ0n) is 18.7. The lowest BCUT2D eigenvalue weighted by Crippen LogP contribution is -2.50. The van der Waals surface area contributed by atoms with Crippen molar-refractivity contribution in [1.82, 2.24) is 13.5 Å². The summed E-state index contributed by atoms with van der Waals surface area (Å²) in [7, 11) is -7.65. The van der Waals surface area contributed by atoms with E-state index >= 15 is 0 Å². The summed E-state index contributed by atoms with van der Waals surface area (Å²) in [6.07, 6.45) is 0. The third-order valence-corrected chi connectivity index (χ3v) is 9.80. The number of amides is 1. The molecule has 0 saturated carbocycles. The minimum absolute atomic E-state index is 0.0377. The van der Waals surface area contributed by atoms with Gasteiger partial charge in [-0.1, -0.05) is 12.1 Å². The van der Waals surface area contributed by atoms with Crippen LogP contribution in [0.5, 0.6) is 0 Å². The van der Waals surface area contributed by atoms with Crippen LogP contribution in [0.3, 0.4) is 0 Å². The van der Waals surface area contributed by atoms with Crippen LogP contribution < -0.4 is 0 Å². The summed E-state index contributed by atoms with van der Waals surface area (Å²) in [4.78, 5) is 14.6. The van der Waals surface area contributed by atoms with Crippen molar-refractivity contribution in [1.29, 1.82) is 0 Å². The van der Waals surface area contributed by atoms with Gasteiger partial charge in [0, 0.05) is 44.8 Å². The Hall–Kier alpha value is -2.38. The molecule has 0 radical (unpaired) electrons. The first-order chi connectivity index (χ1) is 16.1. The van der Waals surface area contributed by atoms with Crippen LogP contribution in [0.4, 0.5) is 4.39 Å². The minimum Gasteiger partial charge on any atom is -0.379 e. The second kappa shape index (κ2) is 9.70. The summed E-state index contributed by atoms with van der Waals surface area (Å²) in [5.41, 5.74) is 0.886. The zero-order chi connectivity index (χ0) is 24.5. The van der Waals surface area contributed by atoms with E-state index in [9.17, 15) is 26.0 Å². The Bertz CT molecular complexity index is 1290. The van der Waals surface area contributed by atoms with E-state index in [1.165, 1.54) is 43.8 Å². The molecule has 0 aliphatic carbocycles. The number of carbonyl (C=O) groups is 1. The highest BCUT2D eigenvalue weighted by molar-refractivity contribution is 7.89. The summed E-state index contributed by atoms with van der Waals surface area (Å²) >= 11 is 0. The number of hydrogen-bond acceptors (Lipinski definition) is 6. The number of morpholine rings is 1. The molecule has 12 heteroatoms. The Kier molecular flexibility index (Phi) is 7.06. The van der Waals surface area contributed by atoms with Crippen molar-refractivity contribution < 1.29 is 30.8 Å². The maximum absolute atomic E-state index is 13.5. The van der Waals surface area contributed by atoms with E-state index in [-0.39, 0.29) is 60.5 Å². The first-order valence-electron chi connectivity index (χ1n) is 10.8. The number of carbonyl (C=O) groups excluding carboxylic acids is 1. The van der Waals surface area contributed by atoms with Gasteiger partial charge in [0.1, 0.15) is 5.82 Å². The van der Waals surface area contributed by atoms with Crippen molar-refractivity contribution in [2.75, 3.05) is 52.5 Å². The smallest absolute Gasteiger partial charge is 0.254 e. The average molecular weight is 512 g/mol. The van der Waals surface area contributed by atoms with Crippen LogP contribution in [0.1, 0.15) is 15.9 Å². The number of hydrogen-bond donors (Lipinski definition) is 0. The van der Waals surface area contributed by atoms with Crippen LogP contribution in [-0.2, 0) is 24.8 Å². The van der Waals surface area contributed by atoms with Gasteiger partial charge in [-0.25, -0.2) is 21.2 Å². The Morgan fingerprint density at radius 3 is 2.03 bits per heavy atom. The molecule has 0 bridgehead atoms. The van der Waals surface area contributed by atoms with Gasteiger partial charge in [-0.2, -0.15) is 8.61 Å². The fourth-order valence-corrected chi connectivity index (χ4v) is 6.90. The molecule has 1 amide bonds. The van der Waals surface area contributed by atoms with Crippen LogP contribution in [0.2, 0.25) is 0 Å². The van der Waals surface area contributed by atoms with Crippen molar-refractivity contribution in [3.05, 3.63) is 59.4 Å². The highest BCUT2D eigenvalue weighted by Gasteiger charge is 2.32. The molecule has 2 fully saturated rings. The van der Waals surface area contributed by atoms with Crippen molar-refractivity contribution in [2.24, 2.45) is 0 Å². The fraction of sp³-hybridized carbons (Fsp3) is 0.409. The quantitative estimate of drug-likeness (QED) is 0.600. The summed E-state index contributed by atoms with van der Waals surface area (Å²) in [5.74, 6) is -1.00. The van der Waals surface area contributed by atoms with Crippen LogP contribution >= 0.6 is 0 Å². The molecule has 0 atom stereocenters. The largest absolute Gasteiger partial charge is 0.379 e. The van der Waals surface area contributed by atoms with E-state index in [0.717, 1.165) is 6.07 Å². The second-order valence-electron chi connectivity index (χ2n) is 8.15. The van der Waals surface area contributed by atoms with Gasteiger partial charge in [0.05, 0.1) is 23.0 Å². The standard InChI is InChI=1S/C22H26FN3O6S2/c1-17-5-6-20(34(30,31)26-11-13-32-14-12-26)16-21(17)22(27)24-7-9-25(10-8-24)33(28,29)19-4-2-3-18(23)15-19/h2-6,15-16H,7-14H2,1H3. The SMILES string of the molecule is Cc1ccc(S(=O)(=O)N2CCOCC2)cc1C(=O)N1CCN(S(=O)(=O)c2cccc(F)c2)CC1. The molecule has 0 spiro atoms. The molecule has 0 N–H and O–H groups in total. The van der Waals surface area contributed by atoms with E-state index in [1.54, 1.807) is 13.0 Å². The topological polar surface area (TPSA) is 104 Å². The Balaban J connectivity index is 1.49. The molecule has 0 aromatic heterocycles. The molecular weight excluding hydrogens is 485 g/mol. The molecular formula is C22H26FN3O6S2. The summed E-state index contributed by atoms with van der Waals surface area (Å²) in [6.45, 7) is 3.23. The Morgan fingerprint density at radius 2 is 1.41 bits per heavy atom. The lowest BCUT2D eigenvalue weighted by atomic mass is 10.1. The molecule has 2 saturated heterocycles. The summed E-state index contributed by atoms with van der Waals surface area (Å²) in [6, 6.07) is 9.29. The molecule has 2 aliphatic rings. The number of sulfonamides is 2. The first-order valence-corrected chi connectivity index (χ1v) is 13.7. The van der Waals surface area contributed by atoms with Gasteiger partial charge in [0.25, 0.3) is 5.91 Å². The maximum Gasteiger partial charge on any atom is 0.254 e. The molecule has 4 rings (SSSR count). The normalized spacial score (nSPS) is 18.7. The number of ether oxygens (including phenoxy) is 1. The van der Waals surface area contributed by atoms with Crippen molar-refractivity contribution >= 4 is 26.0 Å². The van der Waals surface area contributed by atoms with Gasteiger partial charge >= 0.3 is 0 Å². The van der Waals surface area contributed by atoms with Crippen molar-refractivity contribution in [3.63, 3.8) is 0 Å². The Labute approximate surface area is 198 Å². The molecule has 2 aromatic carbocycles. The molecule has 2 aromatic rings. The minimum atomic E-state index is -3.88. The fourth-order valence-electron chi connectivity index (χ4n) is 4.01. The zero-order valence-corrected chi connectivity index (χ0v) is 20.3. The van der Waals surface area contributed by atoms with Crippen LogP contribution in [0.15, 0.2) is 52.3 Å². The molecule has 34 heavy (non-hydrogen) atoms. The lowest BCUT2D eigenvalue weighted by molar-refractivity contribution is 0.0696. The molecule has 2 aliphatic heterocycles. The van der Waals surface area contributed by atoms with Gasteiger partial charge in [-0.05, 0) is 42.8 Å². The van der Waals surface area contributed by atoms with Crippen molar-refractivity contribution in [3.8, 4) is 0 Å². The number of benzene rings is 2. The lowest BCUT2D eigenvalue weighted by Gasteiger charge is -2.34. The van der Waals surface area contributed by atoms with Gasteiger partial charge in [0.2, 0.25) is 20.0 Å². The average Bonchev–Trinajstić information content (AvgIpc) is 2.84.